The Labute approximate surface area is 196 Å². The fraction of sp³-hybridized carbons (Fsp3) is 0.222. The molecule has 33 heavy (non-hydrogen) atoms. The number of ether oxygens (including phenoxy) is 1. The van der Waals surface area contributed by atoms with Gasteiger partial charge in [0.1, 0.15) is 12.4 Å². The molecule has 4 atom stereocenters. The maximum Gasteiger partial charge on any atom is 0.254 e. The molecule has 1 aliphatic heterocycles. The first-order valence-corrected chi connectivity index (χ1v) is 11.5. The molecule has 3 aliphatic rings. The minimum absolute atomic E-state index is 0.160. The van der Waals surface area contributed by atoms with Crippen LogP contribution >= 0.6 is 11.6 Å². The number of hydrogen-bond donors (Lipinski definition) is 0. The number of hydrazone groups is 1. The number of imide groups is 1. The van der Waals surface area contributed by atoms with Crippen molar-refractivity contribution in [2.24, 2.45) is 28.8 Å². The summed E-state index contributed by atoms with van der Waals surface area (Å²) in [6.07, 6.45) is 6.65. The summed E-state index contributed by atoms with van der Waals surface area (Å²) in [7, 11) is 0. The standard InChI is InChI=1S/C27H21ClN2O3/c28-20-10-5-16(6-11-20)15-33-23-12-9-17-3-1-2-4-21(17)22(23)14-29-30-26(31)24-18-7-8-19(13-18)25(24)27(30)32/h1-12,14,18-19,24-25H,13,15H2/b29-14-/t18-,19-,24-,25-/m0/s1. The highest BCUT2D eigenvalue weighted by atomic mass is 35.5. The van der Waals surface area contributed by atoms with Crippen LogP contribution in [0.25, 0.3) is 10.8 Å². The second-order valence-electron chi connectivity index (χ2n) is 8.85. The van der Waals surface area contributed by atoms with Gasteiger partial charge in [0.25, 0.3) is 11.8 Å². The van der Waals surface area contributed by atoms with Gasteiger partial charge in [-0.1, -0.05) is 66.2 Å². The summed E-state index contributed by atoms with van der Waals surface area (Å²) in [5.74, 6) is 0.0351. The third-order valence-electron chi connectivity index (χ3n) is 6.99. The van der Waals surface area contributed by atoms with Crippen LogP contribution in [0.15, 0.2) is 77.9 Å². The maximum absolute atomic E-state index is 13.0. The van der Waals surface area contributed by atoms with Crippen molar-refractivity contribution >= 4 is 40.4 Å². The summed E-state index contributed by atoms with van der Waals surface area (Å²) in [5.41, 5.74) is 1.72. The predicted molar refractivity (Wildman–Crippen MR) is 127 cm³/mol. The van der Waals surface area contributed by atoms with Gasteiger partial charge >= 0.3 is 0 Å². The van der Waals surface area contributed by atoms with Crippen LogP contribution in [0.5, 0.6) is 5.75 Å². The second-order valence-corrected chi connectivity index (χ2v) is 9.28. The van der Waals surface area contributed by atoms with E-state index in [0.717, 1.165) is 33.3 Å². The van der Waals surface area contributed by atoms with E-state index >= 15 is 0 Å². The topological polar surface area (TPSA) is 59.0 Å². The van der Waals surface area contributed by atoms with Crippen molar-refractivity contribution in [2.75, 3.05) is 0 Å². The minimum Gasteiger partial charge on any atom is -0.488 e. The Bertz CT molecular complexity index is 1300. The molecular formula is C27H21ClN2O3. The van der Waals surface area contributed by atoms with Gasteiger partial charge in [0.05, 0.1) is 18.1 Å². The zero-order valence-electron chi connectivity index (χ0n) is 17.7. The molecule has 3 aromatic carbocycles. The highest BCUT2D eigenvalue weighted by Crippen LogP contribution is 2.52. The molecule has 6 heteroatoms. The molecule has 164 valence electrons. The van der Waals surface area contributed by atoms with E-state index < -0.39 is 0 Å². The maximum atomic E-state index is 13.0. The molecule has 1 saturated heterocycles. The van der Waals surface area contributed by atoms with E-state index in [-0.39, 0.29) is 35.5 Å². The summed E-state index contributed by atoms with van der Waals surface area (Å²) >= 11 is 5.98. The number of halogens is 1. The van der Waals surface area contributed by atoms with Crippen molar-refractivity contribution < 1.29 is 14.3 Å². The molecule has 2 bridgehead atoms. The summed E-state index contributed by atoms with van der Waals surface area (Å²) in [6, 6.07) is 19.3. The van der Waals surface area contributed by atoms with Gasteiger partial charge in [-0.15, -0.1) is 0 Å². The monoisotopic (exact) mass is 456 g/mol. The van der Waals surface area contributed by atoms with Gasteiger partial charge in [-0.3, -0.25) is 9.59 Å². The molecule has 3 aromatic rings. The van der Waals surface area contributed by atoms with E-state index in [2.05, 4.69) is 17.3 Å². The summed E-state index contributed by atoms with van der Waals surface area (Å²) in [4.78, 5) is 26.0. The molecule has 1 saturated carbocycles. The van der Waals surface area contributed by atoms with E-state index in [4.69, 9.17) is 16.3 Å². The lowest BCUT2D eigenvalue weighted by atomic mass is 9.85. The number of carbonyl (C=O) groups is 2. The van der Waals surface area contributed by atoms with Gasteiger partial charge in [-0.25, -0.2) is 0 Å². The molecule has 2 amide bonds. The summed E-state index contributed by atoms with van der Waals surface area (Å²) in [5, 5.41) is 8.11. The molecule has 0 radical (unpaired) electrons. The third-order valence-corrected chi connectivity index (χ3v) is 7.24. The van der Waals surface area contributed by atoms with Crippen LogP contribution in [0.3, 0.4) is 0 Å². The van der Waals surface area contributed by atoms with Crippen molar-refractivity contribution in [3.63, 3.8) is 0 Å². The van der Waals surface area contributed by atoms with Crippen LogP contribution in [0.1, 0.15) is 17.5 Å². The SMILES string of the molecule is O=C1[C@@H]2[C@@H](C(=O)N1/N=C\c1c(OCc3ccc(Cl)cc3)ccc3ccccc13)[C@H]1C=C[C@H]2C1. The number of carbonyl (C=O) groups excluding carboxylic acids is 2. The Morgan fingerprint density at radius 3 is 2.36 bits per heavy atom. The van der Waals surface area contributed by atoms with E-state index in [1.807, 2.05) is 60.7 Å². The molecular weight excluding hydrogens is 436 g/mol. The van der Waals surface area contributed by atoms with E-state index in [1.54, 1.807) is 6.21 Å². The number of allylic oxidation sites excluding steroid dienone is 2. The zero-order valence-corrected chi connectivity index (χ0v) is 18.5. The van der Waals surface area contributed by atoms with Crippen LogP contribution in [0.4, 0.5) is 0 Å². The quantitative estimate of drug-likeness (QED) is 0.300. The Morgan fingerprint density at radius 1 is 0.939 bits per heavy atom. The average molecular weight is 457 g/mol. The Kier molecular flexibility index (Phi) is 4.80. The third kappa shape index (κ3) is 3.35. The van der Waals surface area contributed by atoms with Gasteiger partial charge in [-0.2, -0.15) is 10.1 Å². The van der Waals surface area contributed by atoms with Gasteiger partial charge < -0.3 is 4.74 Å². The number of rotatable bonds is 5. The van der Waals surface area contributed by atoms with E-state index in [0.29, 0.717) is 17.4 Å². The molecule has 0 N–H and O–H groups in total. The van der Waals surface area contributed by atoms with Crippen LogP contribution in [-0.4, -0.2) is 23.0 Å². The largest absolute Gasteiger partial charge is 0.488 e. The number of hydrogen-bond acceptors (Lipinski definition) is 4. The lowest BCUT2D eigenvalue weighted by Gasteiger charge is -2.14. The van der Waals surface area contributed by atoms with E-state index in [9.17, 15) is 9.59 Å². The first kappa shape index (κ1) is 20.2. The molecule has 5 nitrogen and oxygen atoms in total. The van der Waals surface area contributed by atoms with Crippen molar-refractivity contribution in [2.45, 2.75) is 13.0 Å². The molecule has 2 aliphatic carbocycles. The lowest BCUT2D eigenvalue weighted by Crippen LogP contribution is -2.28. The summed E-state index contributed by atoms with van der Waals surface area (Å²) in [6.45, 7) is 0.358. The first-order chi connectivity index (χ1) is 16.1. The Morgan fingerprint density at radius 2 is 1.64 bits per heavy atom. The Hall–Kier alpha value is -3.44. The smallest absolute Gasteiger partial charge is 0.254 e. The Balaban J connectivity index is 1.32. The predicted octanol–water partition coefficient (Wildman–Crippen LogP) is 5.21. The summed E-state index contributed by atoms with van der Waals surface area (Å²) < 4.78 is 6.13. The highest BCUT2D eigenvalue weighted by Gasteiger charge is 2.59. The minimum atomic E-state index is -0.266. The van der Waals surface area contributed by atoms with Crippen LogP contribution in [0.2, 0.25) is 5.02 Å². The van der Waals surface area contributed by atoms with Crippen molar-refractivity contribution in [1.29, 1.82) is 0 Å². The zero-order chi connectivity index (χ0) is 22.5. The van der Waals surface area contributed by atoms with Gasteiger partial charge in [0.2, 0.25) is 0 Å². The van der Waals surface area contributed by atoms with Crippen molar-refractivity contribution in [1.82, 2.24) is 5.01 Å². The normalized spacial score (nSPS) is 25.5. The first-order valence-electron chi connectivity index (χ1n) is 11.1. The fourth-order valence-electron chi connectivity index (χ4n) is 5.39. The number of amides is 2. The number of nitrogens with zero attached hydrogens (tertiary/aromatic N) is 2. The van der Waals surface area contributed by atoms with Crippen LogP contribution < -0.4 is 4.74 Å². The second kappa shape index (κ2) is 7.85. The molecule has 6 rings (SSSR count). The number of benzene rings is 3. The molecule has 1 heterocycles. The molecule has 2 fully saturated rings. The average Bonchev–Trinajstić information content (AvgIpc) is 3.52. The van der Waals surface area contributed by atoms with Crippen LogP contribution in [0, 0.1) is 23.7 Å². The lowest BCUT2D eigenvalue weighted by molar-refractivity contribution is -0.140. The van der Waals surface area contributed by atoms with Gasteiger partial charge in [-0.05, 0) is 52.8 Å². The fourth-order valence-corrected chi connectivity index (χ4v) is 5.52. The molecule has 0 unspecified atom stereocenters. The van der Waals surface area contributed by atoms with E-state index in [1.165, 1.54) is 0 Å². The molecule has 0 spiro atoms. The van der Waals surface area contributed by atoms with Gasteiger partial charge in [0.15, 0.2) is 0 Å². The van der Waals surface area contributed by atoms with Crippen molar-refractivity contribution in [3.05, 3.63) is 89.0 Å². The number of fused-ring (bicyclic) bond motifs is 6. The molecule has 0 aromatic heterocycles. The van der Waals surface area contributed by atoms with Crippen LogP contribution in [-0.2, 0) is 16.2 Å². The highest BCUT2D eigenvalue weighted by molar-refractivity contribution is 6.30. The van der Waals surface area contributed by atoms with Gasteiger partial charge in [0, 0.05) is 10.6 Å². The van der Waals surface area contributed by atoms with Crippen molar-refractivity contribution in [3.8, 4) is 5.75 Å².